The molecule has 0 bridgehead atoms. The standard InChI is InChI=1S/C26H33BrN4O8/c1-25(2,3)38-19-9-7-16(8-10-19)13-20(29-24(33)39-26(4,5)6)23(32)28-12-11-17-14-18(30(34)35)15-21(22(17)27)31(36)37/h7-10,14-15,20H,11-13H2,1-6H3,(H,28,32)(H,29,33)/t20-/m0/s1. The lowest BCUT2D eigenvalue weighted by atomic mass is 10.0. The zero-order chi connectivity index (χ0) is 29.5. The van der Waals surface area contributed by atoms with E-state index in [4.69, 9.17) is 9.47 Å². The van der Waals surface area contributed by atoms with Gasteiger partial charge in [-0.15, -0.1) is 0 Å². The zero-order valence-electron chi connectivity index (χ0n) is 22.7. The van der Waals surface area contributed by atoms with E-state index in [0.29, 0.717) is 5.75 Å². The Balaban J connectivity index is 2.18. The molecule has 1 atom stereocenters. The summed E-state index contributed by atoms with van der Waals surface area (Å²) >= 11 is 3.13. The molecule has 0 aliphatic rings. The highest BCUT2D eigenvalue weighted by Gasteiger charge is 2.26. The zero-order valence-corrected chi connectivity index (χ0v) is 24.3. The van der Waals surface area contributed by atoms with Crippen LogP contribution in [-0.2, 0) is 22.4 Å². The van der Waals surface area contributed by atoms with Crippen molar-refractivity contribution >= 4 is 39.3 Å². The highest BCUT2D eigenvalue weighted by Crippen LogP contribution is 2.33. The van der Waals surface area contributed by atoms with Crippen LogP contribution in [0.25, 0.3) is 0 Å². The van der Waals surface area contributed by atoms with Gasteiger partial charge in [-0.25, -0.2) is 4.79 Å². The number of rotatable bonds is 10. The second-order valence-electron chi connectivity index (χ2n) is 10.8. The monoisotopic (exact) mass is 608 g/mol. The minimum Gasteiger partial charge on any atom is -0.488 e. The number of non-ortho nitro benzene ring substituents is 1. The summed E-state index contributed by atoms with van der Waals surface area (Å²) < 4.78 is 11.2. The van der Waals surface area contributed by atoms with Gasteiger partial charge in [0.25, 0.3) is 11.4 Å². The van der Waals surface area contributed by atoms with Gasteiger partial charge in [0.2, 0.25) is 5.91 Å². The van der Waals surface area contributed by atoms with E-state index < -0.39 is 44.9 Å². The lowest BCUT2D eigenvalue weighted by Gasteiger charge is -2.24. The molecule has 2 rings (SSSR count). The third kappa shape index (κ3) is 10.5. The van der Waals surface area contributed by atoms with Crippen LogP contribution in [-0.4, -0.2) is 45.6 Å². The predicted octanol–water partition coefficient (Wildman–Crippen LogP) is 5.24. The molecule has 0 fully saturated rings. The van der Waals surface area contributed by atoms with Gasteiger partial charge >= 0.3 is 6.09 Å². The number of ether oxygens (including phenoxy) is 2. The number of hydrogen-bond donors (Lipinski definition) is 2. The largest absolute Gasteiger partial charge is 0.488 e. The van der Waals surface area contributed by atoms with Crippen molar-refractivity contribution in [2.75, 3.05) is 6.54 Å². The van der Waals surface area contributed by atoms with Crippen LogP contribution in [0.2, 0.25) is 0 Å². The highest BCUT2D eigenvalue weighted by molar-refractivity contribution is 9.10. The van der Waals surface area contributed by atoms with Crippen molar-refractivity contribution in [2.24, 2.45) is 0 Å². The Labute approximate surface area is 234 Å². The number of nitro benzene ring substituents is 2. The number of carbonyl (C=O) groups excluding carboxylic acids is 2. The van der Waals surface area contributed by atoms with E-state index in [2.05, 4.69) is 26.6 Å². The van der Waals surface area contributed by atoms with Crippen LogP contribution in [0.1, 0.15) is 52.7 Å². The first kappa shape index (κ1) is 31.5. The summed E-state index contributed by atoms with van der Waals surface area (Å²) in [6, 6.07) is 8.20. The lowest BCUT2D eigenvalue weighted by molar-refractivity contribution is -0.394. The Hall–Kier alpha value is -3.74. The summed E-state index contributed by atoms with van der Waals surface area (Å²) in [7, 11) is 0. The Bertz CT molecular complexity index is 1220. The van der Waals surface area contributed by atoms with Crippen molar-refractivity contribution in [3.8, 4) is 5.75 Å². The molecule has 0 spiro atoms. The molecule has 13 heteroatoms. The molecule has 0 aliphatic heterocycles. The van der Waals surface area contributed by atoms with Crippen molar-refractivity contribution in [1.82, 2.24) is 10.6 Å². The van der Waals surface area contributed by atoms with Crippen LogP contribution in [0, 0.1) is 20.2 Å². The van der Waals surface area contributed by atoms with Crippen molar-refractivity contribution in [3.63, 3.8) is 0 Å². The SMILES string of the molecule is CC(C)(C)OC(=O)N[C@@H](Cc1ccc(OC(C)(C)C)cc1)C(=O)NCCc1cc([N+](=O)[O-])cc([N+](=O)[O-])c1Br. The minimum absolute atomic E-state index is 0.000609. The van der Waals surface area contributed by atoms with Crippen molar-refractivity contribution in [1.29, 1.82) is 0 Å². The minimum atomic E-state index is -1.00. The Morgan fingerprint density at radius 1 is 0.974 bits per heavy atom. The van der Waals surface area contributed by atoms with Crippen molar-refractivity contribution in [2.45, 2.75) is 71.6 Å². The van der Waals surface area contributed by atoms with E-state index in [9.17, 15) is 29.8 Å². The van der Waals surface area contributed by atoms with E-state index >= 15 is 0 Å². The molecule has 0 unspecified atom stereocenters. The number of nitro groups is 2. The maximum Gasteiger partial charge on any atom is 0.408 e. The molecular formula is C26H33BrN4O8. The number of carbonyl (C=O) groups is 2. The number of alkyl carbamates (subject to hydrolysis) is 1. The topological polar surface area (TPSA) is 163 Å². The number of nitrogens with zero attached hydrogens (tertiary/aromatic N) is 2. The predicted molar refractivity (Wildman–Crippen MR) is 148 cm³/mol. The number of halogens is 1. The van der Waals surface area contributed by atoms with Crippen LogP contribution < -0.4 is 15.4 Å². The fraction of sp³-hybridized carbons (Fsp3) is 0.462. The molecular weight excluding hydrogens is 576 g/mol. The summed E-state index contributed by atoms with van der Waals surface area (Å²) in [5, 5.41) is 27.8. The molecule has 0 radical (unpaired) electrons. The first-order chi connectivity index (χ1) is 17.9. The van der Waals surface area contributed by atoms with Crippen LogP contribution in [0.4, 0.5) is 16.2 Å². The fourth-order valence-corrected chi connectivity index (χ4v) is 4.03. The first-order valence-electron chi connectivity index (χ1n) is 12.1. The molecule has 0 aromatic heterocycles. The third-order valence-electron chi connectivity index (χ3n) is 5.01. The number of hydrogen-bond acceptors (Lipinski definition) is 8. The average Bonchev–Trinajstić information content (AvgIpc) is 2.78. The van der Waals surface area contributed by atoms with Gasteiger partial charge in [0.15, 0.2) is 0 Å². The van der Waals surface area contributed by atoms with Crippen LogP contribution in [0.15, 0.2) is 40.9 Å². The molecule has 2 aromatic carbocycles. The summed E-state index contributed by atoms with van der Waals surface area (Å²) in [5.74, 6) is 0.135. The molecule has 212 valence electrons. The Morgan fingerprint density at radius 2 is 1.59 bits per heavy atom. The fourth-order valence-electron chi connectivity index (χ4n) is 3.46. The molecule has 2 N–H and O–H groups in total. The molecule has 0 aliphatic carbocycles. The van der Waals surface area contributed by atoms with Gasteiger partial charge in [-0.2, -0.15) is 0 Å². The quantitative estimate of drug-likeness (QED) is 0.273. The lowest BCUT2D eigenvalue weighted by Crippen LogP contribution is -2.49. The molecule has 39 heavy (non-hydrogen) atoms. The van der Waals surface area contributed by atoms with E-state index in [-0.39, 0.29) is 35.0 Å². The van der Waals surface area contributed by atoms with Crippen LogP contribution in [0.3, 0.4) is 0 Å². The first-order valence-corrected chi connectivity index (χ1v) is 12.9. The van der Waals surface area contributed by atoms with E-state index in [1.54, 1.807) is 45.0 Å². The highest BCUT2D eigenvalue weighted by atomic mass is 79.9. The maximum absolute atomic E-state index is 13.1. The van der Waals surface area contributed by atoms with Crippen molar-refractivity contribution < 1.29 is 28.9 Å². The van der Waals surface area contributed by atoms with Gasteiger partial charge in [-0.1, -0.05) is 12.1 Å². The molecule has 12 nitrogen and oxygen atoms in total. The normalized spacial score (nSPS) is 12.3. The second kappa shape index (κ2) is 12.9. The van der Waals surface area contributed by atoms with E-state index in [1.807, 2.05) is 20.8 Å². The Kier molecular flexibility index (Phi) is 10.4. The summed E-state index contributed by atoms with van der Waals surface area (Å²) in [4.78, 5) is 46.6. The second-order valence-corrected chi connectivity index (χ2v) is 11.5. The van der Waals surface area contributed by atoms with Crippen molar-refractivity contribution in [3.05, 3.63) is 72.2 Å². The van der Waals surface area contributed by atoms with Gasteiger partial charge in [-0.3, -0.25) is 25.0 Å². The van der Waals surface area contributed by atoms with Crippen LogP contribution in [0.5, 0.6) is 5.75 Å². The van der Waals surface area contributed by atoms with E-state index in [1.165, 1.54) is 6.07 Å². The number of benzene rings is 2. The van der Waals surface area contributed by atoms with Gasteiger partial charge in [0.05, 0.1) is 20.4 Å². The number of nitrogens with one attached hydrogen (secondary N) is 2. The van der Waals surface area contributed by atoms with E-state index in [0.717, 1.165) is 11.6 Å². The van der Waals surface area contributed by atoms with Crippen LogP contribution >= 0.6 is 15.9 Å². The molecule has 0 heterocycles. The van der Waals surface area contributed by atoms with Gasteiger partial charge < -0.3 is 20.1 Å². The van der Waals surface area contributed by atoms with Gasteiger partial charge in [0, 0.05) is 19.0 Å². The molecule has 0 saturated heterocycles. The maximum atomic E-state index is 13.1. The molecule has 2 amide bonds. The summed E-state index contributed by atoms with van der Waals surface area (Å²) in [5.41, 5.74) is -1.01. The Morgan fingerprint density at radius 3 is 2.10 bits per heavy atom. The summed E-state index contributed by atoms with van der Waals surface area (Å²) in [6.45, 7) is 10.9. The van der Waals surface area contributed by atoms with Gasteiger partial charge in [-0.05, 0) is 87.2 Å². The van der Waals surface area contributed by atoms with Gasteiger partial charge in [0.1, 0.15) is 23.0 Å². The smallest absolute Gasteiger partial charge is 0.408 e. The molecule has 0 saturated carbocycles. The summed E-state index contributed by atoms with van der Waals surface area (Å²) in [6.07, 6.45) is -0.563. The number of amides is 2. The third-order valence-corrected chi connectivity index (χ3v) is 5.92. The molecule has 2 aromatic rings. The average molecular weight is 609 g/mol.